The molecule has 1 rings (SSSR count). The van der Waals surface area contributed by atoms with Gasteiger partial charge in [0.25, 0.3) is 5.91 Å². The monoisotopic (exact) mass is 191 g/mol. The summed E-state index contributed by atoms with van der Waals surface area (Å²) in [6.07, 6.45) is 0. The fraction of sp³-hybridized carbons (Fsp3) is 0.273. The van der Waals surface area contributed by atoms with Crippen molar-refractivity contribution in [2.45, 2.75) is 13.8 Å². The molecule has 74 valence electrons. The van der Waals surface area contributed by atoms with E-state index in [2.05, 4.69) is 5.32 Å². The lowest BCUT2D eigenvalue weighted by Crippen LogP contribution is -2.19. The van der Waals surface area contributed by atoms with E-state index >= 15 is 0 Å². The second kappa shape index (κ2) is 4.05. The van der Waals surface area contributed by atoms with Gasteiger partial charge in [-0.1, -0.05) is 12.1 Å². The number of benzene rings is 1. The van der Waals surface area contributed by atoms with E-state index in [1.165, 1.54) is 6.92 Å². The Bertz CT molecular complexity index is 383. The summed E-state index contributed by atoms with van der Waals surface area (Å²) in [7, 11) is 1.57. The third-order valence-corrected chi connectivity index (χ3v) is 2.12. The number of rotatable bonds is 2. The summed E-state index contributed by atoms with van der Waals surface area (Å²) >= 11 is 0. The number of Topliss-reactive ketones (excluding diaryl/α,β-unsaturated/α-hetero) is 1. The van der Waals surface area contributed by atoms with E-state index in [1.807, 2.05) is 6.92 Å². The minimum Gasteiger partial charge on any atom is -0.355 e. The molecule has 1 N–H and O–H groups in total. The molecule has 0 unspecified atom stereocenters. The van der Waals surface area contributed by atoms with Gasteiger partial charge in [0.2, 0.25) is 0 Å². The van der Waals surface area contributed by atoms with Crippen LogP contribution in [0.5, 0.6) is 0 Å². The van der Waals surface area contributed by atoms with Crippen LogP contribution in [-0.4, -0.2) is 18.7 Å². The lowest BCUT2D eigenvalue weighted by Gasteiger charge is -2.05. The van der Waals surface area contributed by atoms with E-state index in [-0.39, 0.29) is 11.7 Å². The first-order valence-corrected chi connectivity index (χ1v) is 4.40. The lowest BCUT2D eigenvalue weighted by atomic mass is 10.0. The van der Waals surface area contributed by atoms with Gasteiger partial charge in [-0.25, -0.2) is 0 Å². The van der Waals surface area contributed by atoms with Crippen LogP contribution >= 0.6 is 0 Å². The van der Waals surface area contributed by atoms with Crippen molar-refractivity contribution < 1.29 is 9.59 Å². The Hall–Kier alpha value is -1.64. The topological polar surface area (TPSA) is 46.2 Å². The standard InChI is InChI=1S/C11H13NO2/c1-7-4-5-9(8(2)13)6-10(7)11(14)12-3/h4-6H,1-3H3,(H,12,14). The number of amides is 1. The fourth-order valence-electron chi connectivity index (χ4n) is 1.22. The summed E-state index contributed by atoms with van der Waals surface area (Å²) in [5, 5.41) is 2.54. The smallest absolute Gasteiger partial charge is 0.251 e. The van der Waals surface area contributed by atoms with Gasteiger partial charge in [-0.05, 0) is 25.5 Å². The average Bonchev–Trinajstić information content (AvgIpc) is 2.17. The van der Waals surface area contributed by atoms with Gasteiger partial charge in [0, 0.05) is 18.2 Å². The summed E-state index contributed by atoms with van der Waals surface area (Å²) in [4.78, 5) is 22.5. The highest BCUT2D eigenvalue weighted by Gasteiger charge is 2.09. The normalized spacial score (nSPS) is 9.64. The molecule has 0 aliphatic heterocycles. The second-order valence-corrected chi connectivity index (χ2v) is 3.17. The van der Waals surface area contributed by atoms with Crippen molar-refractivity contribution in [3.63, 3.8) is 0 Å². The van der Waals surface area contributed by atoms with Gasteiger partial charge in [-0.15, -0.1) is 0 Å². The van der Waals surface area contributed by atoms with E-state index in [0.717, 1.165) is 5.56 Å². The van der Waals surface area contributed by atoms with Crippen molar-refractivity contribution in [1.82, 2.24) is 5.32 Å². The summed E-state index contributed by atoms with van der Waals surface area (Å²) in [5.41, 5.74) is 1.99. The molecule has 0 aromatic heterocycles. The maximum Gasteiger partial charge on any atom is 0.251 e. The first-order chi connectivity index (χ1) is 6.56. The maximum atomic E-state index is 11.4. The van der Waals surface area contributed by atoms with Gasteiger partial charge < -0.3 is 5.32 Å². The average molecular weight is 191 g/mol. The van der Waals surface area contributed by atoms with Crippen molar-refractivity contribution in [3.05, 3.63) is 34.9 Å². The quantitative estimate of drug-likeness (QED) is 0.721. The largest absolute Gasteiger partial charge is 0.355 e. The summed E-state index contributed by atoms with van der Waals surface area (Å²) in [6.45, 7) is 3.33. The number of nitrogens with one attached hydrogen (secondary N) is 1. The van der Waals surface area contributed by atoms with E-state index in [1.54, 1.807) is 25.2 Å². The van der Waals surface area contributed by atoms with Crippen molar-refractivity contribution in [2.24, 2.45) is 0 Å². The van der Waals surface area contributed by atoms with E-state index < -0.39 is 0 Å². The lowest BCUT2D eigenvalue weighted by molar-refractivity contribution is 0.0962. The summed E-state index contributed by atoms with van der Waals surface area (Å²) in [5.74, 6) is -0.194. The Morgan fingerprint density at radius 3 is 2.43 bits per heavy atom. The molecule has 3 heteroatoms. The third kappa shape index (κ3) is 1.99. The predicted octanol–water partition coefficient (Wildman–Crippen LogP) is 1.56. The Morgan fingerprint density at radius 2 is 1.93 bits per heavy atom. The van der Waals surface area contributed by atoms with Crippen LogP contribution in [0, 0.1) is 6.92 Å². The molecular formula is C11H13NO2. The van der Waals surface area contributed by atoms with Gasteiger partial charge in [-0.2, -0.15) is 0 Å². The highest BCUT2D eigenvalue weighted by Crippen LogP contribution is 2.11. The SMILES string of the molecule is CNC(=O)c1cc(C(C)=O)ccc1C. The summed E-state index contributed by atoms with van der Waals surface area (Å²) < 4.78 is 0. The zero-order valence-electron chi connectivity index (χ0n) is 8.55. The minimum atomic E-state index is -0.161. The molecule has 0 aliphatic rings. The van der Waals surface area contributed by atoms with Gasteiger partial charge >= 0.3 is 0 Å². The van der Waals surface area contributed by atoms with E-state index in [0.29, 0.717) is 11.1 Å². The molecule has 1 aromatic carbocycles. The van der Waals surface area contributed by atoms with Gasteiger partial charge in [0.1, 0.15) is 0 Å². The Labute approximate surface area is 83.1 Å². The second-order valence-electron chi connectivity index (χ2n) is 3.17. The molecule has 0 heterocycles. The molecule has 1 aromatic rings. The molecular weight excluding hydrogens is 178 g/mol. The Kier molecular flexibility index (Phi) is 3.02. The van der Waals surface area contributed by atoms with Crippen molar-refractivity contribution in [3.8, 4) is 0 Å². The van der Waals surface area contributed by atoms with Gasteiger partial charge in [-0.3, -0.25) is 9.59 Å². The van der Waals surface area contributed by atoms with E-state index in [4.69, 9.17) is 0 Å². The number of hydrogen-bond donors (Lipinski definition) is 1. The Balaban J connectivity index is 3.21. The number of hydrogen-bond acceptors (Lipinski definition) is 2. The zero-order valence-corrected chi connectivity index (χ0v) is 8.55. The first kappa shape index (κ1) is 10.4. The van der Waals surface area contributed by atoms with Crippen LogP contribution in [0.25, 0.3) is 0 Å². The highest BCUT2D eigenvalue weighted by molar-refractivity contribution is 6.00. The fourth-order valence-corrected chi connectivity index (χ4v) is 1.22. The molecule has 14 heavy (non-hydrogen) atoms. The number of ketones is 1. The van der Waals surface area contributed by atoms with Crippen molar-refractivity contribution in [2.75, 3.05) is 7.05 Å². The molecule has 0 spiro atoms. The van der Waals surface area contributed by atoms with Crippen molar-refractivity contribution >= 4 is 11.7 Å². The maximum absolute atomic E-state index is 11.4. The van der Waals surface area contributed by atoms with E-state index in [9.17, 15) is 9.59 Å². The molecule has 0 saturated carbocycles. The van der Waals surface area contributed by atoms with Crippen LogP contribution in [0.15, 0.2) is 18.2 Å². The highest BCUT2D eigenvalue weighted by atomic mass is 16.1. The molecule has 1 amide bonds. The Morgan fingerprint density at radius 1 is 1.29 bits per heavy atom. The molecule has 0 bridgehead atoms. The van der Waals surface area contributed by atoms with Crippen molar-refractivity contribution in [1.29, 1.82) is 0 Å². The predicted molar refractivity (Wildman–Crippen MR) is 54.6 cm³/mol. The number of carbonyl (C=O) groups is 2. The first-order valence-electron chi connectivity index (χ1n) is 4.40. The number of aryl methyl sites for hydroxylation is 1. The molecule has 0 saturated heterocycles. The molecule has 0 aliphatic carbocycles. The van der Waals surface area contributed by atoms with Crippen LogP contribution in [0.3, 0.4) is 0 Å². The zero-order chi connectivity index (χ0) is 10.7. The minimum absolute atomic E-state index is 0.0323. The van der Waals surface area contributed by atoms with Gasteiger partial charge in [0.15, 0.2) is 5.78 Å². The number of carbonyl (C=O) groups excluding carboxylic acids is 2. The van der Waals surface area contributed by atoms with Crippen LogP contribution in [0.2, 0.25) is 0 Å². The van der Waals surface area contributed by atoms with Crippen LogP contribution in [-0.2, 0) is 0 Å². The van der Waals surface area contributed by atoms with Crippen LogP contribution in [0.1, 0.15) is 33.2 Å². The third-order valence-electron chi connectivity index (χ3n) is 2.12. The van der Waals surface area contributed by atoms with Gasteiger partial charge in [0.05, 0.1) is 0 Å². The summed E-state index contributed by atoms with van der Waals surface area (Å²) in [6, 6.07) is 5.13. The molecule has 3 nitrogen and oxygen atoms in total. The van der Waals surface area contributed by atoms with Crippen LogP contribution < -0.4 is 5.32 Å². The molecule has 0 fully saturated rings. The van der Waals surface area contributed by atoms with Crippen LogP contribution in [0.4, 0.5) is 0 Å². The molecule has 0 radical (unpaired) electrons. The molecule has 0 atom stereocenters.